The van der Waals surface area contributed by atoms with E-state index in [1.54, 1.807) is 0 Å². The van der Waals surface area contributed by atoms with Crippen LogP contribution < -0.4 is 5.73 Å². The number of carbonyl (C=O) groups excluding carboxylic acids is 1. The summed E-state index contributed by atoms with van der Waals surface area (Å²) >= 11 is 0. The second-order valence-corrected chi connectivity index (χ2v) is 1.86. The fourth-order valence-electron chi connectivity index (χ4n) is 0.305. The van der Waals surface area contributed by atoms with Gasteiger partial charge in [-0.2, -0.15) is 0 Å². The van der Waals surface area contributed by atoms with E-state index in [9.17, 15) is 4.79 Å². The molecule has 0 aliphatic rings. The van der Waals surface area contributed by atoms with Crippen LogP contribution in [0.1, 0.15) is 13.3 Å². The molecule has 0 aromatic rings. The number of hydrogen-bond acceptors (Lipinski definition) is 2. The van der Waals surface area contributed by atoms with Gasteiger partial charge in [0, 0.05) is 12.5 Å². The van der Waals surface area contributed by atoms with Crippen molar-refractivity contribution in [3.8, 4) is 0 Å². The zero-order valence-electron chi connectivity index (χ0n) is 5.05. The second kappa shape index (κ2) is 3.38. The lowest BCUT2D eigenvalue weighted by molar-refractivity contribution is -0.108. The smallest absolute Gasteiger partial charge is 0.121 e. The number of carbonyl (C=O) groups is 1. The summed E-state index contributed by atoms with van der Waals surface area (Å²) in [5.74, 6) is 0. The van der Waals surface area contributed by atoms with E-state index in [1.165, 1.54) is 0 Å². The van der Waals surface area contributed by atoms with Crippen LogP contribution in [0.2, 0.25) is 0 Å². The zero-order chi connectivity index (χ0) is 6.57. The van der Waals surface area contributed by atoms with Gasteiger partial charge in [-0.3, -0.25) is 0 Å². The molecule has 2 nitrogen and oxygen atoms in total. The molecule has 8 heavy (non-hydrogen) atoms. The normalized spacial score (nSPS) is 12.8. The molecule has 0 rings (SSSR count). The molecule has 0 aliphatic carbocycles. The lowest BCUT2D eigenvalue weighted by Crippen LogP contribution is -2.20. The average molecular weight is 113 g/mol. The molecular formula is C6H11NO. The predicted octanol–water partition coefficient (Wildman–Crippen LogP) is 0.479. The highest BCUT2D eigenvalue weighted by molar-refractivity contribution is 5.51. The highest BCUT2D eigenvalue weighted by Gasteiger charge is 1.98. The summed E-state index contributed by atoms with van der Waals surface area (Å²) in [6.07, 6.45) is 1.19. The maximum absolute atomic E-state index is 9.80. The van der Waals surface area contributed by atoms with Crippen molar-refractivity contribution < 1.29 is 4.79 Å². The van der Waals surface area contributed by atoms with E-state index in [1.807, 2.05) is 6.92 Å². The molecule has 0 saturated heterocycles. The monoisotopic (exact) mass is 113 g/mol. The minimum atomic E-state index is -0.146. The average Bonchev–Trinajstić information content (AvgIpc) is 1.67. The Morgan fingerprint density at radius 3 is 2.62 bits per heavy atom. The van der Waals surface area contributed by atoms with Crippen LogP contribution in [0.5, 0.6) is 0 Å². The Hall–Kier alpha value is -0.630. The van der Waals surface area contributed by atoms with Crippen molar-refractivity contribution in [2.45, 2.75) is 19.4 Å². The van der Waals surface area contributed by atoms with Crippen LogP contribution in [0.4, 0.5) is 0 Å². The van der Waals surface area contributed by atoms with Crippen molar-refractivity contribution >= 4 is 6.29 Å². The summed E-state index contributed by atoms with van der Waals surface area (Å²) in [7, 11) is 0. The summed E-state index contributed by atoms with van der Waals surface area (Å²) < 4.78 is 0. The van der Waals surface area contributed by atoms with Crippen LogP contribution in [-0.4, -0.2) is 12.3 Å². The molecule has 46 valence electrons. The fraction of sp³-hybridized carbons (Fsp3) is 0.500. The molecule has 0 aromatic carbocycles. The lowest BCUT2D eigenvalue weighted by atomic mass is 10.1. The summed E-state index contributed by atoms with van der Waals surface area (Å²) in [5, 5.41) is 0. The van der Waals surface area contributed by atoms with Gasteiger partial charge in [0.05, 0.1) is 0 Å². The van der Waals surface area contributed by atoms with Gasteiger partial charge in [0.2, 0.25) is 0 Å². The van der Waals surface area contributed by atoms with Crippen LogP contribution in [-0.2, 0) is 4.79 Å². The Morgan fingerprint density at radius 1 is 2.00 bits per heavy atom. The Balaban J connectivity index is 3.46. The van der Waals surface area contributed by atoms with Gasteiger partial charge in [-0.15, -0.1) is 0 Å². The molecule has 2 N–H and O–H groups in total. The first-order valence-electron chi connectivity index (χ1n) is 2.53. The Kier molecular flexibility index (Phi) is 3.12. The predicted molar refractivity (Wildman–Crippen MR) is 33.5 cm³/mol. The Labute approximate surface area is 49.4 Å². The first-order chi connectivity index (χ1) is 3.68. The molecule has 0 unspecified atom stereocenters. The van der Waals surface area contributed by atoms with E-state index >= 15 is 0 Å². The molecule has 0 aromatic heterocycles. The van der Waals surface area contributed by atoms with Gasteiger partial charge in [0.25, 0.3) is 0 Å². The third kappa shape index (κ3) is 2.53. The van der Waals surface area contributed by atoms with E-state index in [0.717, 1.165) is 11.9 Å². The van der Waals surface area contributed by atoms with Crippen molar-refractivity contribution in [1.29, 1.82) is 0 Å². The molecule has 0 spiro atoms. The maximum atomic E-state index is 9.80. The largest absolute Gasteiger partial charge is 0.324 e. The van der Waals surface area contributed by atoms with Gasteiger partial charge >= 0.3 is 0 Å². The molecule has 2 heteroatoms. The Morgan fingerprint density at radius 2 is 2.50 bits per heavy atom. The fourth-order valence-corrected chi connectivity index (χ4v) is 0.305. The number of rotatable bonds is 3. The third-order valence-electron chi connectivity index (χ3n) is 0.983. The Bertz CT molecular complexity index is 98.7. The van der Waals surface area contributed by atoms with Gasteiger partial charge in [-0.25, -0.2) is 0 Å². The molecule has 0 heterocycles. The van der Waals surface area contributed by atoms with Crippen LogP contribution in [0.3, 0.4) is 0 Å². The lowest BCUT2D eigenvalue weighted by Gasteiger charge is -2.03. The molecule has 0 saturated carbocycles. The van der Waals surface area contributed by atoms with Crippen LogP contribution in [0.25, 0.3) is 0 Å². The molecule has 0 fully saturated rings. The highest BCUT2D eigenvalue weighted by Crippen LogP contribution is 1.95. The summed E-state index contributed by atoms with van der Waals surface area (Å²) in [6.45, 7) is 5.40. The number of nitrogens with two attached hydrogens (primary N) is 1. The van der Waals surface area contributed by atoms with E-state index in [4.69, 9.17) is 5.73 Å². The van der Waals surface area contributed by atoms with Gasteiger partial charge in [-0.1, -0.05) is 12.2 Å². The second-order valence-electron chi connectivity index (χ2n) is 1.86. The first-order valence-corrected chi connectivity index (χ1v) is 2.53. The van der Waals surface area contributed by atoms with Crippen molar-refractivity contribution in [1.82, 2.24) is 0 Å². The molecule has 0 radical (unpaired) electrons. The first kappa shape index (κ1) is 7.37. The summed E-state index contributed by atoms with van der Waals surface area (Å²) in [6, 6.07) is -0.146. The number of aldehydes is 1. The number of hydrogen-bond donors (Lipinski definition) is 1. The van der Waals surface area contributed by atoms with E-state index in [0.29, 0.717) is 6.42 Å². The van der Waals surface area contributed by atoms with Crippen molar-refractivity contribution in [3.05, 3.63) is 12.2 Å². The SMILES string of the molecule is C=C(C)[C@@H](N)CC=O. The summed E-state index contributed by atoms with van der Waals surface area (Å²) in [4.78, 5) is 9.80. The maximum Gasteiger partial charge on any atom is 0.121 e. The van der Waals surface area contributed by atoms with Gasteiger partial charge in [-0.05, 0) is 6.92 Å². The van der Waals surface area contributed by atoms with Crippen LogP contribution >= 0.6 is 0 Å². The molecule has 0 aliphatic heterocycles. The van der Waals surface area contributed by atoms with Crippen molar-refractivity contribution in [3.63, 3.8) is 0 Å². The van der Waals surface area contributed by atoms with E-state index in [-0.39, 0.29) is 6.04 Å². The minimum absolute atomic E-state index is 0.146. The third-order valence-corrected chi connectivity index (χ3v) is 0.983. The highest BCUT2D eigenvalue weighted by atomic mass is 16.1. The standard InChI is InChI=1S/C6H11NO/c1-5(2)6(7)3-4-8/h4,6H,1,3,7H2,2H3/t6-/m0/s1. The van der Waals surface area contributed by atoms with E-state index < -0.39 is 0 Å². The van der Waals surface area contributed by atoms with Crippen molar-refractivity contribution in [2.75, 3.05) is 0 Å². The zero-order valence-corrected chi connectivity index (χ0v) is 5.05. The van der Waals surface area contributed by atoms with E-state index in [2.05, 4.69) is 6.58 Å². The van der Waals surface area contributed by atoms with Gasteiger partial charge < -0.3 is 10.5 Å². The van der Waals surface area contributed by atoms with Crippen LogP contribution in [0.15, 0.2) is 12.2 Å². The quantitative estimate of drug-likeness (QED) is 0.427. The van der Waals surface area contributed by atoms with Crippen LogP contribution in [0, 0.1) is 0 Å². The minimum Gasteiger partial charge on any atom is -0.324 e. The summed E-state index contributed by atoms with van der Waals surface area (Å²) in [5.41, 5.74) is 6.25. The van der Waals surface area contributed by atoms with Gasteiger partial charge in [0.15, 0.2) is 0 Å². The topological polar surface area (TPSA) is 43.1 Å². The van der Waals surface area contributed by atoms with Gasteiger partial charge in [0.1, 0.15) is 6.29 Å². The molecule has 0 amide bonds. The molecular weight excluding hydrogens is 102 g/mol. The molecule has 0 bridgehead atoms. The van der Waals surface area contributed by atoms with Crippen molar-refractivity contribution in [2.24, 2.45) is 5.73 Å². The molecule has 1 atom stereocenters.